The van der Waals surface area contributed by atoms with Crippen LogP contribution in [-0.2, 0) is 18.6 Å². The Bertz CT molecular complexity index is 1360. The molecule has 5 nitrogen and oxygen atoms in total. The van der Waals surface area contributed by atoms with Gasteiger partial charge in [-0.1, -0.05) is 42.1 Å². The third-order valence-electron chi connectivity index (χ3n) is 5.63. The zero-order chi connectivity index (χ0) is 21.4. The number of benzene rings is 2. The minimum atomic E-state index is -0.951. The first-order valence-electron chi connectivity index (χ1n) is 10.2. The number of H-pyrrole nitrogens is 1. The van der Waals surface area contributed by atoms with Crippen LogP contribution in [0.2, 0.25) is 0 Å². The Balaban J connectivity index is 1.43. The average Bonchev–Trinajstić information content (AvgIpc) is 3.22. The van der Waals surface area contributed by atoms with Gasteiger partial charge >= 0.3 is 5.97 Å². The molecule has 0 fully saturated rings. The molecule has 0 saturated carbocycles. The van der Waals surface area contributed by atoms with Crippen LogP contribution >= 0.6 is 23.1 Å². The van der Waals surface area contributed by atoms with E-state index in [2.05, 4.69) is 28.2 Å². The first kappa shape index (κ1) is 20.0. The van der Waals surface area contributed by atoms with E-state index in [9.17, 15) is 9.59 Å². The molecule has 0 unspecified atom stereocenters. The van der Waals surface area contributed by atoms with Gasteiger partial charge in [-0.2, -0.15) is 0 Å². The molecular formula is C24H20N2O3S2. The maximum absolute atomic E-state index is 12.9. The Morgan fingerprint density at radius 2 is 1.97 bits per heavy atom. The quantitative estimate of drug-likeness (QED) is 0.310. The first-order chi connectivity index (χ1) is 15.1. The van der Waals surface area contributed by atoms with Gasteiger partial charge in [-0.15, -0.1) is 11.3 Å². The topological polar surface area (TPSA) is 83.0 Å². The molecule has 0 spiro atoms. The molecule has 0 radical (unpaired) electrons. The van der Waals surface area contributed by atoms with E-state index < -0.39 is 5.97 Å². The van der Waals surface area contributed by atoms with Crippen molar-refractivity contribution in [1.29, 1.82) is 0 Å². The largest absolute Gasteiger partial charge is 0.478 e. The summed E-state index contributed by atoms with van der Waals surface area (Å²) in [5.41, 5.74) is 5.81. The molecule has 0 saturated heterocycles. The van der Waals surface area contributed by atoms with Gasteiger partial charge in [0.2, 0.25) is 0 Å². The van der Waals surface area contributed by atoms with Crippen molar-refractivity contribution < 1.29 is 9.90 Å². The second-order valence-electron chi connectivity index (χ2n) is 7.69. The van der Waals surface area contributed by atoms with Crippen LogP contribution in [0.1, 0.15) is 39.9 Å². The lowest BCUT2D eigenvalue weighted by molar-refractivity contribution is 0.0696. The zero-order valence-electron chi connectivity index (χ0n) is 16.7. The molecule has 0 aliphatic heterocycles. The first-order valence-corrected chi connectivity index (χ1v) is 12.0. The number of hydrogen-bond acceptors (Lipinski definition) is 5. The summed E-state index contributed by atoms with van der Waals surface area (Å²) in [4.78, 5) is 32.3. The summed E-state index contributed by atoms with van der Waals surface area (Å²) in [7, 11) is 0. The second kappa shape index (κ2) is 8.32. The van der Waals surface area contributed by atoms with E-state index in [1.54, 1.807) is 18.2 Å². The van der Waals surface area contributed by atoms with Gasteiger partial charge in [-0.3, -0.25) is 4.79 Å². The number of carboxylic acids is 1. The van der Waals surface area contributed by atoms with Gasteiger partial charge in [0, 0.05) is 16.7 Å². The third-order valence-corrected chi connectivity index (χ3v) is 7.45. The van der Waals surface area contributed by atoms with Crippen molar-refractivity contribution >= 4 is 39.3 Å². The van der Waals surface area contributed by atoms with Gasteiger partial charge < -0.3 is 10.1 Å². The molecule has 0 amide bonds. The fourth-order valence-electron chi connectivity index (χ4n) is 4.06. The number of thioether (sulfide) groups is 1. The second-order valence-corrected chi connectivity index (χ2v) is 9.51. The van der Waals surface area contributed by atoms with Crippen LogP contribution in [0, 0.1) is 0 Å². The monoisotopic (exact) mass is 448 g/mol. The van der Waals surface area contributed by atoms with Crippen LogP contribution in [0.15, 0.2) is 57.8 Å². The number of aromatic amines is 1. The number of thiophene rings is 1. The lowest BCUT2D eigenvalue weighted by Crippen LogP contribution is -2.09. The fourth-order valence-corrected chi connectivity index (χ4v) is 5.87. The van der Waals surface area contributed by atoms with Crippen LogP contribution in [0.3, 0.4) is 0 Å². The summed E-state index contributed by atoms with van der Waals surface area (Å²) in [5.74, 6) is -0.424. The molecule has 31 heavy (non-hydrogen) atoms. The molecule has 4 aromatic rings. The van der Waals surface area contributed by atoms with E-state index >= 15 is 0 Å². The lowest BCUT2D eigenvalue weighted by Gasteiger charge is -2.16. The highest BCUT2D eigenvalue weighted by Gasteiger charge is 2.16. The molecule has 5 rings (SSSR count). The number of fused-ring (bicyclic) bond motifs is 2. The molecule has 156 valence electrons. The van der Waals surface area contributed by atoms with Crippen molar-refractivity contribution in [2.75, 3.05) is 0 Å². The van der Waals surface area contributed by atoms with Gasteiger partial charge in [0.05, 0.1) is 10.9 Å². The number of carbonyl (C=O) groups is 1. The van der Waals surface area contributed by atoms with Gasteiger partial charge in [-0.25, -0.2) is 9.78 Å². The number of rotatable bonds is 5. The molecule has 2 N–H and O–H groups in total. The predicted molar refractivity (Wildman–Crippen MR) is 125 cm³/mol. The van der Waals surface area contributed by atoms with E-state index in [1.165, 1.54) is 47.1 Å². The Kier molecular flexibility index (Phi) is 5.38. The Labute approximate surface area is 187 Å². The average molecular weight is 449 g/mol. The highest BCUT2D eigenvalue weighted by Crippen LogP contribution is 2.34. The summed E-state index contributed by atoms with van der Waals surface area (Å²) < 4.78 is 0. The normalized spacial score (nSPS) is 13.3. The highest BCUT2D eigenvalue weighted by atomic mass is 32.2. The summed E-state index contributed by atoms with van der Waals surface area (Å²) in [6, 6.07) is 13.3. The standard InChI is InChI=1S/C24H20N2O3S2/c27-21-20-19(17-9-8-15-5-1-2-6-16(15)11-17)13-30-22(20)26-24(25-21)31-12-14-4-3-7-18(10-14)23(28)29/h3-4,7-11,13H,1-2,5-6,12H2,(H,28,29)(H,25,26,27). The van der Waals surface area contributed by atoms with E-state index in [1.807, 2.05) is 11.4 Å². The number of nitrogens with one attached hydrogen (secondary N) is 1. The fraction of sp³-hybridized carbons (Fsp3) is 0.208. The zero-order valence-corrected chi connectivity index (χ0v) is 18.3. The van der Waals surface area contributed by atoms with Crippen molar-refractivity contribution in [3.63, 3.8) is 0 Å². The van der Waals surface area contributed by atoms with Crippen LogP contribution in [0.25, 0.3) is 21.3 Å². The third kappa shape index (κ3) is 4.03. The number of aromatic nitrogens is 2. The number of carboxylic acid groups (broad SMARTS) is 1. The van der Waals surface area contributed by atoms with Crippen molar-refractivity contribution in [1.82, 2.24) is 9.97 Å². The summed E-state index contributed by atoms with van der Waals surface area (Å²) in [6.45, 7) is 0. The van der Waals surface area contributed by atoms with Crippen LogP contribution < -0.4 is 5.56 Å². The van der Waals surface area contributed by atoms with E-state index in [0.717, 1.165) is 34.4 Å². The summed E-state index contributed by atoms with van der Waals surface area (Å²) >= 11 is 2.87. The molecule has 7 heteroatoms. The molecule has 2 aromatic heterocycles. The molecule has 2 aromatic carbocycles. The van der Waals surface area contributed by atoms with Crippen LogP contribution in [-0.4, -0.2) is 21.0 Å². The summed E-state index contributed by atoms with van der Waals surface area (Å²) in [5, 5.41) is 12.3. The Morgan fingerprint density at radius 1 is 1.13 bits per heavy atom. The minimum absolute atomic E-state index is 0.138. The molecule has 0 atom stereocenters. The maximum atomic E-state index is 12.9. The van der Waals surface area contributed by atoms with Gasteiger partial charge in [-0.05, 0) is 60.1 Å². The smallest absolute Gasteiger partial charge is 0.335 e. The molecule has 2 heterocycles. The number of nitrogens with zero attached hydrogens (tertiary/aromatic N) is 1. The number of aryl methyl sites for hydroxylation is 2. The predicted octanol–water partition coefficient (Wildman–Crippen LogP) is 5.52. The SMILES string of the molecule is O=C(O)c1cccc(CSc2nc3scc(-c4ccc5c(c4)CCCC5)c3c(=O)[nH]2)c1. The Morgan fingerprint density at radius 3 is 2.81 bits per heavy atom. The van der Waals surface area contributed by atoms with Crippen molar-refractivity contribution in [2.24, 2.45) is 0 Å². The van der Waals surface area contributed by atoms with Crippen molar-refractivity contribution in [2.45, 2.75) is 36.6 Å². The van der Waals surface area contributed by atoms with Gasteiger partial charge in [0.15, 0.2) is 5.16 Å². The van der Waals surface area contributed by atoms with E-state index in [4.69, 9.17) is 5.11 Å². The Hall–Kier alpha value is -2.90. The van der Waals surface area contributed by atoms with Crippen LogP contribution in [0.5, 0.6) is 0 Å². The summed E-state index contributed by atoms with van der Waals surface area (Å²) in [6.07, 6.45) is 4.71. The molecule has 1 aliphatic carbocycles. The highest BCUT2D eigenvalue weighted by molar-refractivity contribution is 7.98. The van der Waals surface area contributed by atoms with Gasteiger partial charge in [0.25, 0.3) is 5.56 Å². The number of hydrogen-bond donors (Lipinski definition) is 2. The number of aromatic carboxylic acids is 1. The lowest BCUT2D eigenvalue weighted by atomic mass is 9.89. The van der Waals surface area contributed by atoms with Crippen molar-refractivity contribution in [3.05, 3.63) is 80.5 Å². The van der Waals surface area contributed by atoms with Gasteiger partial charge in [0.1, 0.15) is 4.83 Å². The molecule has 1 aliphatic rings. The van der Waals surface area contributed by atoms with E-state index in [0.29, 0.717) is 16.3 Å². The maximum Gasteiger partial charge on any atom is 0.335 e. The molecule has 0 bridgehead atoms. The van der Waals surface area contributed by atoms with Crippen LogP contribution in [0.4, 0.5) is 0 Å². The minimum Gasteiger partial charge on any atom is -0.478 e. The van der Waals surface area contributed by atoms with E-state index in [-0.39, 0.29) is 11.1 Å². The molecular weight excluding hydrogens is 428 g/mol. The van der Waals surface area contributed by atoms with Crippen molar-refractivity contribution in [3.8, 4) is 11.1 Å².